The van der Waals surface area contributed by atoms with E-state index in [2.05, 4.69) is 10.5 Å². The Hall–Kier alpha value is -2.23. The fourth-order valence-corrected chi connectivity index (χ4v) is 4.59. The normalized spacial score (nSPS) is 18.4. The summed E-state index contributed by atoms with van der Waals surface area (Å²) in [5.74, 6) is -0.256. The Kier molecular flexibility index (Phi) is 5.12. The number of hydroxylamine groups is 1. The zero-order valence-electron chi connectivity index (χ0n) is 14.4. The molecular formula is C17H21N3O5S. The van der Waals surface area contributed by atoms with Crippen LogP contribution in [-0.4, -0.2) is 41.7 Å². The Balaban J connectivity index is 1.73. The van der Waals surface area contributed by atoms with Gasteiger partial charge in [-0.2, -0.15) is 0 Å². The number of carbonyl (C=O) groups is 1. The van der Waals surface area contributed by atoms with Gasteiger partial charge in [0.2, 0.25) is 0 Å². The zero-order valence-corrected chi connectivity index (χ0v) is 15.2. The van der Waals surface area contributed by atoms with Gasteiger partial charge in [0.15, 0.2) is 5.76 Å². The number of amides is 1. The molecule has 0 bridgehead atoms. The third-order valence-electron chi connectivity index (χ3n) is 4.69. The van der Waals surface area contributed by atoms with E-state index in [0.29, 0.717) is 11.5 Å². The van der Waals surface area contributed by atoms with E-state index >= 15 is 0 Å². The topological polar surface area (TPSA) is 122 Å². The number of nitrogens with one attached hydrogen (secondary N) is 2. The number of hydrogen-bond acceptors (Lipinski definition) is 7. The molecular weight excluding hydrogens is 358 g/mol. The van der Waals surface area contributed by atoms with Crippen LogP contribution in [0.3, 0.4) is 0 Å². The summed E-state index contributed by atoms with van der Waals surface area (Å²) >= 11 is 0. The summed E-state index contributed by atoms with van der Waals surface area (Å²) in [5, 5.41) is 16.1. The van der Waals surface area contributed by atoms with Crippen molar-refractivity contribution in [3.05, 3.63) is 41.6 Å². The maximum absolute atomic E-state index is 12.1. The predicted molar refractivity (Wildman–Crippen MR) is 94.1 cm³/mol. The second-order valence-corrected chi connectivity index (χ2v) is 8.88. The first-order valence-corrected chi connectivity index (χ1v) is 10.1. The lowest BCUT2D eigenvalue weighted by atomic mass is 9.91. The molecule has 0 aliphatic carbocycles. The maximum atomic E-state index is 12.1. The lowest BCUT2D eigenvalue weighted by molar-refractivity contribution is -0.136. The van der Waals surface area contributed by atoms with Crippen molar-refractivity contribution in [2.75, 3.05) is 11.5 Å². The highest BCUT2D eigenvalue weighted by atomic mass is 32.2. The van der Waals surface area contributed by atoms with E-state index in [1.807, 2.05) is 31.2 Å². The van der Waals surface area contributed by atoms with Gasteiger partial charge < -0.3 is 4.52 Å². The zero-order chi connectivity index (χ0) is 18.8. The summed E-state index contributed by atoms with van der Waals surface area (Å²) in [7, 11) is -3.15. The van der Waals surface area contributed by atoms with E-state index in [4.69, 9.17) is 9.73 Å². The Labute approximate surface area is 151 Å². The summed E-state index contributed by atoms with van der Waals surface area (Å²) in [6.07, 6.45) is 0.175. The van der Waals surface area contributed by atoms with Crippen molar-refractivity contribution in [3.63, 3.8) is 0 Å². The van der Waals surface area contributed by atoms with Gasteiger partial charge >= 0.3 is 0 Å². The smallest absolute Gasteiger partial charge is 0.263 e. The molecule has 2 aromatic rings. The van der Waals surface area contributed by atoms with Gasteiger partial charge in [0.05, 0.1) is 17.2 Å². The lowest BCUT2D eigenvalue weighted by Crippen LogP contribution is -2.59. The van der Waals surface area contributed by atoms with Crippen LogP contribution in [0.4, 0.5) is 0 Å². The van der Waals surface area contributed by atoms with Crippen LogP contribution in [0.5, 0.6) is 0 Å². The first-order chi connectivity index (χ1) is 12.3. The van der Waals surface area contributed by atoms with Gasteiger partial charge in [0.25, 0.3) is 5.91 Å². The molecule has 1 aliphatic heterocycles. The minimum absolute atomic E-state index is 0.0876. The van der Waals surface area contributed by atoms with Crippen molar-refractivity contribution in [1.82, 2.24) is 16.0 Å². The summed E-state index contributed by atoms with van der Waals surface area (Å²) in [4.78, 5) is 12.1. The molecule has 1 aromatic heterocycles. The lowest BCUT2D eigenvalue weighted by Gasteiger charge is -2.35. The van der Waals surface area contributed by atoms with Gasteiger partial charge in [0, 0.05) is 18.2 Å². The Morgan fingerprint density at radius 2 is 2.04 bits per heavy atom. The largest absolute Gasteiger partial charge is 0.356 e. The van der Waals surface area contributed by atoms with Crippen LogP contribution < -0.4 is 10.8 Å². The van der Waals surface area contributed by atoms with Crippen LogP contribution >= 0.6 is 0 Å². The highest BCUT2D eigenvalue weighted by Gasteiger charge is 2.43. The Morgan fingerprint density at radius 3 is 2.69 bits per heavy atom. The van der Waals surface area contributed by atoms with E-state index in [-0.39, 0.29) is 30.9 Å². The number of carbonyl (C=O) groups excluding carboxylic acids is 1. The van der Waals surface area contributed by atoms with Gasteiger partial charge in [-0.25, -0.2) is 13.9 Å². The molecule has 140 valence electrons. The minimum atomic E-state index is -3.15. The van der Waals surface area contributed by atoms with E-state index in [0.717, 1.165) is 11.1 Å². The molecule has 0 spiro atoms. The molecule has 0 unspecified atom stereocenters. The molecule has 1 aromatic carbocycles. The number of aromatic nitrogens is 1. The number of aryl methyl sites for hydroxylation is 1. The molecule has 9 heteroatoms. The Bertz CT molecular complexity index is 893. The van der Waals surface area contributed by atoms with Crippen LogP contribution in [0.15, 0.2) is 34.9 Å². The molecule has 2 heterocycles. The molecule has 26 heavy (non-hydrogen) atoms. The van der Waals surface area contributed by atoms with E-state index in [1.54, 1.807) is 11.5 Å². The fourth-order valence-electron chi connectivity index (χ4n) is 3.07. The first kappa shape index (κ1) is 18.6. The molecule has 1 saturated heterocycles. The van der Waals surface area contributed by atoms with Crippen LogP contribution in [-0.2, 0) is 21.2 Å². The Morgan fingerprint density at radius 1 is 1.31 bits per heavy atom. The summed E-state index contributed by atoms with van der Waals surface area (Å²) < 4.78 is 28.7. The monoisotopic (exact) mass is 379 g/mol. The van der Waals surface area contributed by atoms with E-state index in [1.165, 1.54) is 0 Å². The molecule has 0 atom stereocenters. The van der Waals surface area contributed by atoms with Gasteiger partial charge in [-0.15, -0.1) is 0 Å². The number of sulfone groups is 1. The molecule has 8 nitrogen and oxygen atoms in total. The van der Waals surface area contributed by atoms with Gasteiger partial charge in [0.1, 0.15) is 15.4 Å². The van der Waals surface area contributed by atoms with Gasteiger partial charge in [-0.05, 0) is 25.8 Å². The molecule has 1 amide bonds. The molecule has 3 N–H and O–H groups in total. The highest BCUT2D eigenvalue weighted by molar-refractivity contribution is 7.91. The second kappa shape index (κ2) is 7.18. The summed E-state index contributed by atoms with van der Waals surface area (Å²) in [6.45, 7) is 2.19. The molecule has 3 rings (SSSR count). The second-order valence-electron chi connectivity index (χ2n) is 6.58. The van der Waals surface area contributed by atoms with Crippen LogP contribution in [0.1, 0.15) is 24.1 Å². The molecule has 1 fully saturated rings. The predicted octanol–water partition coefficient (Wildman–Crippen LogP) is 1.19. The maximum Gasteiger partial charge on any atom is 0.263 e. The number of nitrogens with zero attached hydrogens (tertiary/aromatic N) is 1. The van der Waals surface area contributed by atoms with Crippen molar-refractivity contribution >= 4 is 15.7 Å². The van der Waals surface area contributed by atoms with Crippen molar-refractivity contribution in [3.8, 4) is 11.3 Å². The average Bonchev–Trinajstić information content (AvgIpc) is 3.10. The van der Waals surface area contributed by atoms with Crippen molar-refractivity contribution < 1.29 is 22.9 Å². The number of benzene rings is 1. The highest BCUT2D eigenvalue weighted by Crippen LogP contribution is 2.26. The third-order valence-corrected chi connectivity index (χ3v) is 6.34. The van der Waals surface area contributed by atoms with E-state index < -0.39 is 21.3 Å². The molecule has 0 saturated carbocycles. The molecule has 1 aliphatic rings. The minimum Gasteiger partial charge on any atom is -0.356 e. The number of rotatable bonds is 5. The first-order valence-electron chi connectivity index (χ1n) is 8.26. The molecule has 0 radical (unpaired) electrons. The third kappa shape index (κ3) is 3.95. The quantitative estimate of drug-likeness (QED) is 0.527. The van der Waals surface area contributed by atoms with Gasteiger partial charge in [-0.1, -0.05) is 28.9 Å². The summed E-state index contributed by atoms with van der Waals surface area (Å²) in [5.41, 5.74) is 3.07. The van der Waals surface area contributed by atoms with Crippen molar-refractivity contribution in [2.45, 2.75) is 31.8 Å². The van der Waals surface area contributed by atoms with E-state index in [9.17, 15) is 13.2 Å². The summed E-state index contributed by atoms with van der Waals surface area (Å²) in [6, 6.07) is 9.57. The average molecular weight is 379 g/mol. The van der Waals surface area contributed by atoms with Crippen LogP contribution in [0.25, 0.3) is 11.3 Å². The number of hydrogen-bond donors (Lipinski definition) is 3. The van der Waals surface area contributed by atoms with Crippen molar-refractivity contribution in [2.24, 2.45) is 0 Å². The standard InChI is InChI=1S/C17H21N3O5S/c1-12-3-2-4-13(9-12)15-10-14(20-25-15)11-18-17(16(21)19-22)5-7-26(23,24)8-6-17/h2-4,9-10,18,22H,5-8,11H2,1H3,(H,19,21). The van der Waals surface area contributed by atoms with Gasteiger partial charge in [-0.3, -0.25) is 15.3 Å². The van der Waals surface area contributed by atoms with Crippen molar-refractivity contribution in [1.29, 1.82) is 0 Å². The van der Waals surface area contributed by atoms with Crippen LogP contribution in [0.2, 0.25) is 0 Å². The van der Waals surface area contributed by atoms with Crippen LogP contribution in [0, 0.1) is 6.92 Å². The SMILES string of the molecule is Cc1cccc(-c2cc(CNC3(C(=O)NO)CCS(=O)(=O)CC3)no2)c1. The fraction of sp³-hybridized carbons (Fsp3) is 0.412.